The number of aryl methyl sites for hydroxylation is 1. The molecule has 2 amide bonds. The first kappa shape index (κ1) is 22.2. The number of piperidine rings is 1. The summed E-state index contributed by atoms with van der Waals surface area (Å²) in [6.45, 7) is 5.13. The van der Waals surface area contributed by atoms with Gasteiger partial charge in [-0.25, -0.2) is 4.68 Å². The van der Waals surface area contributed by atoms with Gasteiger partial charge in [0.05, 0.1) is 5.75 Å². The molecular formula is C20H29N7O2S. The Bertz CT molecular complexity index is 840. The van der Waals surface area contributed by atoms with E-state index < -0.39 is 0 Å². The van der Waals surface area contributed by atoms with Gasteiger partial charge in [0.2, 0.25) is 11.1 Å². The fourth-order valence-electron chi connectivity index (χ4n) is 3.45. The normalized spacial score (nSPS) is 16.9. The molecule has 1 fully saturated rings. The van der Waals surface area contributed by atoms with Crippen LogP contribution in [0.15, 0.2) is 29.4 Å². The number of hydrogen-bond donors (Lipinski definition) is 2. The van der Waals surface area contributed by atoms with Crippen LogP contribution in [0.5, 0.6) is 0 Å². The molecule has 3 rings (SSSR count). The van der Waals surface area contributed by atoms with Crippen molar-refractivity contribution in [2.24, 2.45) is 7.05 Å². The molecule has 1 aliphatic heterocycles. The molecule has 1 aromatic carbocycles. The lowest BCUT2D eigenvalue weighted by Gasteiger charge is -2.33. The summed E-state index contributed by atoms with van der Waals surface area (Å²) in [6, 6.07) is 7.55. The average Bonchev–Trinajstić information content (AvgIpc) is 3.16. The Morgan fingerprint density at radius 3 is 2.73 bits per heavy atom. The van der Waals surface area contributed by atoms with Gasteiger partial charge in [-0.15, -0.1) is 5.10 Å². The second-order valence-electron chi connectivity index (χ2n) is 7.49. The minimum atomic E-state index is -0.160. The molecule has 0 aliphatic carbocycles. The molecule has 162 valence electrons. The number of aromatic nitrogens is 4. The van der Waals surface area contributed by atoms with Gasteiger partial charge >= 0.3 is 0 Å². The molecule has 30 heavy (non-hydrogen) atoms. The topological polar surface area (TPSA) is 105 Å². The first-order chi connectivity index (χ1) is 14.5. The molecule has 2 aromatic rings. The highest BCUT2D eigenvalue weighted by Crippen LogP contribution is 2.16. The molecule has 9 nitrogen and oxygen atoms in total. The lowest BCUT2D eigenvalue weighted by Crippen LogP contribution is -2.39. The number of carbonyl (C=O) groups excluding carboxylic acids is 2. The molecule has 0 radical (unpaired) electrons. The van der Waals surface area contributed by atoms with E-state index in [1.165, 1.54) is 35.7 Å². The lowest BCUT2D eigenvalue weighted by atomic mass is 10.0. The Morgan fingerprint density at radius 2 is 2.03 bits per heavy atom. The number of nitrogens with zero attached hydrogens (tertiary/aromatic N) is 5. The van der Waals surface area contributed by atoms with E-state index in [9.17, 15) is 9.59 Å². The van der Waals surface area contributed by atoms with Crippen LogP contribution in [0.25, 0.3) is 0 Å². The fourth-order valence-corrected chi connectivity index (χ4v) is 4.10. The van der Waals surface area contributed by atoms with Crippen molar-refractivity contribution in [3.8, 4) is 0 Å². The highest BCUT2D eigenvalue weighted by atomic mass is 32.2. The van der Waals surface area contributed by atoms with Crippen LogP contribution in [-0.4, -0.2) is 68.4 Å². The van der Waals surface area contributed by atoms with Crippen LogP contribution in [0.1, 0.15) is 43.0 Å². The summed E-state index contributed by atoms with van der Waals surface area (Å²) in [4.78, 5) is 26.9. The first-order valence-corrected chi connectivity index (χ1v) is 11.3. The molecule has 2 N–H and O–H groups in total. The van der Waals surface area contributed by atoms with Gasteiger partial charge in [-0.05, 0) is 67.4 Å². The number of anilines is 1. The van der Waals surface area contributed by atoms with Gasteiger partial charge in [0.25, 0.3) is 5.91 Å². The highest BCUT2D eigenvalue weighted by Gasteiger charge is 2.17. The van der Waals surface area contributed by atoms with E-state index in [1.807, 2.05) is 0 Å². The lowest BCUT2D eigenvalue weighted by molar-refractivity contribution is -0.113. The number of carbonyl (C=O) groups is 2. The summed E-state index contributed by atoms with van der Waals surface area (Å²) in [5, 5.41) is 17.4. The number of thioether (sulfide) groups is 1. The highest BCUT2D eigenvalue weighted by molar-refractivity contribution is 7.99. The van der Waals surface area contributed by atoms with Gasteiger partial charge in [0, 0.05) is 37.4 Å². The second-order valence-corrected chi connectivity index (χ2v) is 8.43. The summed E-state index contributed by atoms with van der Waals surface area (Å²) in [6.07, 6.45) is 4.81. The number of tetrazole rings is 1. The van der Waals surface area contributed by atoms with Crippen LogP contribution in [0, 0.1) is 0 Å². The van der Waals surface area contributed by atoms with E-state index in [1.54, 1.807) is 31.3 Å². The first-order valence-electron chi connectivity index (χ1n) is 10.3. The Hall–Kier alpha value is -2.46. The quantitative estimate of drug-likeness (QED) is 0.462. The van der Waals surface area contributed by atoms with E-state index in [0.29, 0.717) is 29.0 Å². The van der Waals surface area contributed by atoms with Gasteiger partial charge < -0.3 is 15.5 Å². The second kappa shape index (κ2) is 11.1. The summed E-state index contributed by atoms with van der Waals surface area (Å²) in [5.74, 6) is -0.0523. The van der Waals surface area contributed by atoms with Crippen molar-refractivity contribution < 1.29 is 9.59 Å². The van der Waals surface area contributed by atoms with Crippen molar-refractivity contribution in [3.05, 3.63) is 29.8 Å². The van der Waals surface area contributed by atoms with Crippen LogP contribution < -0.4 is 10.6 Å². The van der Waals surface area contributed by atoms with Gasteiger partial charge in [-0.1, -0.05) is 18.2 Å². The molecule has 1 unspecified atom stereocenters. The zero-order chi connectivity index (χ0) is 21.3. The van der Waals surface area contributed by atoms with Crippen LogP contribution in [0.3, 0.4) is 0 Å². The molecule has 0 bridgehead atoms. The Morgan fingerprint density at radius 1 is 1.23 bits per heavy atom. The minimum absolute atomic E-state index is 0.0927. The predicted molar refractivity (Wildman–Crippen MR) is 116 cm³/mol. The van der Waals surface area contributed by atoms with E-state index in [0.717, 1.165) is 19.5 Å². The van der Waals surface area contributed by atoms with Crippen molar-refractivity contribution in [2.45, 2.75) is 43.8 Å². The third-order valence-corrected chi connectivity index (χ3v) is 6.20. The van der Waals surface area contributed by atoms with E-state index in [4.69, 9.17) is 0 Å². The standard InChI is InChI=1S/C20H29N7O2S/c1-15-6-3-4-12-27(15)13-5-11-21-19(29)16-7-9-17(10-8-16)22-18(28)14-30-20-23-24-25-26(20)2/h7-10,15H,3-6,11-14H2,1-2H3,(H,21,29)(H,22,28). The number of rotatable bonds is 9. The molecule has 1 atom stereocenters. The van der Waals surface area contributed by atoms with E-state index in [2.05, 4.69) is 38.0 Å². The predicted octanol–water partition coefficient (Wildman–Crippen LogP) is 1.94. The third kappa shape index (κ3) is 6.53. The molecule has 1 aromatic heterocycles. The van der Waals surface area contributed by atoms with Crippen molar-refractivity contribution in [1.29, 1.82) is 0 Å². The maximum absolute atomic E-state index is 12.3. The third-order valence-electron chi connectivity index (χ3n) is 5.19. The number of likely N-dealkylation sites (tertiary alicyclic amines) is 1. The zero-order valence-electron chi connectivity index (χ0n) is 17.5. The molecule has 1 saturated heterocycles. The van der Waals surface area contributed by atoms with Crippen LogP contribution in [0.4, 0.5) is 5.69 Å². The van der Waals surface area contributed by atoms with Crippen LogP contribution in [0.2, 0.25) is 0 Å². The van der Waals surface area contributed by atoms with E-state index >= 15 is 0 Å². The minimum Gasteiger partial charge on any atom is -0.352 e. The van der Waals surface area contributed by atoms with Crippen molar-refractivity contribution in [1.82, 2.24) is 30.4 Å². The Kier molecular flexibility index (Phi) is 8.21. The summed E-state index contributed by atoms with van der Waals surface area (Å²) >= 11 is 1.26. The molecular weight excluding hydrogens is 402 g/mol. The fraction of sp³-hybridized carbons (Fsp3) is 0.550. The maximum Gasteiger partial charge on any atom is 0.251 e. The number of nitrogens with one attached hydrogen (secondary N) is 2. The van der Waals surface area contributed by atoms with Crippen molar-refractivity contribution in [3.63, 3.8) is 0 Å². The number of hydrogen-bond acceptors (Lipinski definition) is 7. The van der Waals surface area contributed by atoms with Gasteiger partial charge in [0.1, 0.15) is 0 Å². The zero-order valence-corrected chi connectivity index (χ0v) is 18.3. The molecule has 10 heteroatoms. The molecule has 1 aliphatic rings. The molecule has 2 heterocycles. The van der Waals surface area contributed by atoms with Gasteiger partial charge in [-0.2, -0.15) is 0 Å². The van der Waals surface area contributed by atoms with Gasteiger partial charge in [0.15, 0.2) is 0 Å². The van der Waals surface area contributed by atoms with Gasteiger partial charge in [-0.3, -0.25) is 9.59 Å². The summed E-state index contributed by atoms with van der Waals surface area (Å²) in [5.41, 5.74) is 1.23. The van der Waals surface area contributed by atoms with Crippen LogP contribution >= 0.6 is 11.8 Å². The SMILES string of the molecule is CC1CCCCN1CCCNC(=O)c1ccc(NC(=O)CSc2nnnn2C)cc1. The van der Waals surface area contributed by atoms with Crippen LogP contribution in [-0.2, 0) is 11.8 Å². The summed E-state index contributed by atoms with van der Waals surface area (Å²) in [7, 11) is 1.72. The largest absolute Gasteiger partial charge is 0.352 e. The summed E-state index contributed by atoms with van der Waals surface area (Å²) < 4.78 is 1.51. The Balaban J connectivity index is 1.37. The smallest absolute Gasteiger partial charge is 0.251 e. The molecule has 0 spiro atoms. The number of amides is 2. The van der Waals surface area contributed by atoms with Crippen molar-refractivity contribution in [2.75, 3.05) is 30.7 Å². The monoisotopic (exact) mass is 431 g/mol. The molecule has 0 saturated carbocycles. The van der Waals surface area contributed by atoms with E-state index in [-0.39, 0.29) is 17.6 Å². The average molecular weight is 432 g/mol. The maximum atomic E-state index is 12.3. The van der Waals surface area contributed by atoms with Crippen molar-refractivity contribution >= 4 is 29.3 Å². The Labute approximate surface area is 181 Å². The number of benzene rings is 1.